The molecule has 0 aromatic heterocycles. The van der Waals surface area contributed by atoms with Crippen molar-refractivity contribution in [2.45, 2.75) is 71.6 Å². The van der Waals surface area contributed by atoms with Crippen LogP contribution in [0, 0.1) is 5.92 Å². The maximum Gasteiger partial charge on any atom is 0.303 e. The number of carboxylic acid groups (broad SMARTS) is 1. The van der Waals surface area contributed by atoms with Crippen molar-refractivity contribution >= 4 is 5.97 Å². The van der Waals surface area contributed by atoms with Crippen LogP contribution < -0.4 is 0 Å². The lowest BCUT2D eigenvalue weighted by molar-refractivity contribution is -0.137. The molecule has 19 heavy (non-hydrogen) atoms. The summed E-state index contributed by atoms with van der Waals surface area (Å²) in [5.41, 5.74) is 1.44. The summed E-state index contributed by atoms with van der Waals surface area (Å²) < 4.78 is 0. The fourth-order valence-corrected chi connectivity index (χ4v) is 2.14. The SMILES string of the molecule is C/C(=C\CCCCCC(=O)O)CCCC(C)CCO. The Kier molecular flexibility index (Phi) is 11.7. The van der Waals surface area contributed by atoms with Crippen molar-refractivity contribution in [2.75, 3.05) is 6.61 Å². The van der Waals surface area contributed by atoms with Gasteiger partial charge in [0.15, 0.2) is 0 Å². The number of rotatable bonds is 12. The molecule has 3 heteroatoms. The van der Waals surface area contributed by atoms with E-state index in [0.717, 1.165) is 38.5 Å². The molecule has 0 aliphatic carbocycles. The standard InChI is InChI=1S/C16H30O3/c1-14(9-7-10-15(2)12-13-17)8-5-3-4-6-11-16(18)19/h8,15,17H,3-7,9-13H2,1-2H3,(H,18,19)/b14-8+. The predicted molar refractivity (Wildman–Crippen MR) is 79.2 cm³/mol. The smallest absolute Gasteiger partial charge is 0.303 e. The maximum absolute atomic E-state index is 10.3. The normalized spacial score (nSPS) is 13.5. The minimum Gasteiger partial charge on any atom is -0.481 e. The number of aliphatic hydroxyl groups is 1. The molecule has 0 spiro atoms. The Hall–Kier alpha value is -0.830. The van der Waals surface area contributed by atoms with Crippen LogP contribution in [0.4, 0.5) is 0 Å². The highest BCUT2D eigenvalue weighted by Gasteiger charge is 2.01. The molecule has 0 rings (SSSR count). The molecule has 0 heterocycles. The average Bonchev–Trinajstić information content (AvgIpc) is 2.33. The van der Waals surface area contributed by atoms with Gasteiger partial charge in [0, 0.05) is 13.0 Å². The van der Waals surface area contributed by atoms with E-state index in [0.29, 0.717) is 18.9 Å². The third-order valence-electron chi connectivity index (χ3n) is 3.48. The van der Waals surface area contributed by atoms with Crippen molar-refractivity contribution in [3.8, 4) is 0 Å². The lowest BCUT2D eigenvalue weighted by Gasteiger charge is -2.09. The van der Waals surface area contributed by atoms with Crippen molar-refractivity contribution in [2.24, 2.45) is 5.92 Å². The fraction of sp³-hybridized carbons (Fsp3) is 0.812. The molecule has 0 aromatic carbocycles. The lowest BCUT2D eigenvalue weighted by Crippen LogP contribution is -1.97. The number of hydrogen-bond acceptors (Lipinski definition) is 2. The first-order chi connectivity index (χ1) is 9.06. The molecule has 0 saturated carbocycles. The first kappa shape index (κ1) is 18.2. The van der Waals surface area contributed by atoms with Crippen LogP contribution in [0.25, 0.3) is 0 Å². The highest BCUT2D eigenvalue weighted by atomic mass is 16.4. The van der Waals surface area contributed by atoms with Crippen molar-refractivity contribution < 1.29 is 15.0 Å². The van der Waals surface area contributed by atoms with E-state index in [1.807, 2.05) is 0 Å². The van der Waals surface area contributed by atoms with Gasteiger partial charge in [-0.2, -0.15) is 0 Å². The summed E-state index contributed by atoms with van der Waals surface area (Å²) in [6.07, 6.45) is 11.0. The van der Waals surface area contributed by atoms with E-state index >= 15 is 0 Å². The van der Waals surface area contributed by atoms with Crippen LogP contribution in [0.2, 0.25) is 0 Å². The van der Waals surface area contributed by atoms with E-state index in [1.54, 1.807) is 0 Å². The molecule has 0 saturated heterocycles. The van der Waals surface area contributed by atoms with Crippen LogP contribution in [0.1, 0.15) is 71.6 Å². The Balaban J connectivity index is 3.47. The molecule has 2 N–H and O–H groups in total. The number of unbranched alkanes of at least 4 members (excludes halogenated alkanes) is 3. The predicted octanol–water partition coefficient (Wildman–Crippen LogP) is 4.16. The van der Waals surface area contributed by atoms with Crippen LogP contribution in [-0.2, 0) is 4.79 Å². The zero-order valence-electron chi connectivity index (χ0n) is 12.5. The number of carbonyl (C=O) groups is 1. The van der Waals surface area contributed by atoms with Crippen LogP contribution in [0.15, 0.2) is 11.6 Å². The molecule has 0 fully saturated rings. The molecule has 0 bridgehead atoms. The maximum atomic E-state index is 10.3. The van der Waals surface area contributed by atoms with Crippen molar-refractivity contribution in [1.29, 1.82) is 0 Å². The second kappa shape index (κ2) is 12.2. The van der Waals surface area contributed by atoms with Gasteiger partial charge in [-0.1, -0.05) is 31.4 Å². The van der Waals surface area contributed by atoms with E-state index in [1.165, 1.54) is 18.4 Å². The zero-order valence-corrected chi connectivity index (χ0v) is 12.5. The number of carboxylic acids is 1. The molecule has 1 atom stereocenters. The Morgan fingerprint density at radius 1 is 1.11 bits per heavy atom. The first-order valence-electron chi connectivity index (χ1n) is 7.54. The van der Waals surface area contributed by atoms with Crippen LogP contribution >= 0.6 is 0 Å². The summed E-state index contributed by atoms with van der Waals surface area (Å²) in [4.78, 5) is 10.3. The summed E-state index contributed by atoms with van der Waals surface area (Å²) >= 11 is 0. The molecule has 0 aromatic rings. The fourth-order valence-electron chi connectivity index (χ4n) is 2.14. The second-order valence-corrected chi connectivity index (χ2v) is 5.55. The topological polar surface area (TPSA) is 57.5 Å². The summed E-state index contributed by atoms with van der Waals surface area (Å²) in [6, 6.07) is 0. The number of hydrogen-bond donors (Lipinski definition) is 2. The van der Waals surface area contributed by atoms with Crippen molar-refractivity contribution in [3.05, 3.63) is 11.6 Å². The molecule has 0 amide bonds. The Bertz CT molecular complexity index is 259. The van der Waals surface area contributed by atoms with Gasteiger partial charge in [-0.15, -0.1) is 0 Å². The van der Waals surface area contributed by atoms with Crippen molar-refractivity contribution in [1.82, 2.24) is 0 Å². The molecule has 1 unspecified atom stereocenters. The number of allylic oxidation sites excluding steroid dienone is 2. The van der Waals surface area contributed by atoms with E-state index < -0.39 is 5.97 Å². The second-order valence-electron chi connectivity index (χ2n) is 5.55. The number of aliphatic hydroxyl groups excluding tert-OH is 1. The van der Waals surface area contributed by atoms with Gasteiger partial charge in [-0.25, -0.2) is 0 Å². The third kappa shape index (κ3) is 13.4. The average molecular weight is 270 g/mol. The van der Waals surface area contributed by atoms with Crippen LogP contribution in [-0.4, -0.2) is 22.8 Å². The molecule has 3 nitrogen and oxygen atoms in total. The van der Waals surface area contributed by atoms with Gasteiger partial charge in [-0.3, -0.25) is 4.79 Å². The number of aliphatic carboxylic acids is 1. The highest BCUT2D eigenvalue weighted by molar-refractivity contribution is 5.66. The van der Waals surface area contributed by atoms with E-state index in [4.69, 9.17) is 10.2 Å². The van der Waals surface area contributed by atoms with Crippen LogP contribution in [0.5, 0.6) is 0 Å². The van der Waals surface area contributed by atoms with Crippen LogP contribution in [0.3, 0.4) is 0 Å². The molecule has 0 radical (unpaired) electrons. The minimum atomic E-state index is -0.691. The molecule has 0 aliphatic rings. The minimum absolute atomic E-state index is 0.297. The largest absolute Gasteiger partial charge is 0.481 e. The lowest BCUT2D eigenvalue weighted by atomic mass is 9.98. The van der Waals surface area contributed by atoms with Gasteiger partial charge in [0.1, 0.15) is 0 Å². The monoisotopic (exact) mass is 270 g/mol. The van der Waals surface area contributed by atoms with Gasteiger partial charge < -0.3 is 10.2 Å². The van der Waals surface area contributed by atoms with E-state index in [9.17, 15) is 4.79 Å². The summed E-state index contributed by atoms with van der Waals surface area (Å²) in [5, 5.41) is 17.3. The summed E-state index contributed by atoms with van der Waals surface area (Å²) in [5.74, 6) is -0.0717. The zero-order chi connectivity index (χ0) is 14.5. The van der Waals surface area contributed by atoms with E-state index in [2.05, 4.69) is 19.9 Å². The molecule has 0 aliphatic heterocycles. The van der Waals surface area contributed by atoms with E-state index in [-0.39, 0.29) is 0 Å². The van der Waals surface area contributed by atoms with Gasteiger partial charge in [0.05, 0.1) is 0 Å². The Morgan fingerprint density at radius 2 is 1.84 bits per heavy atom. The van der Waals surface area contributed by atoms with Gasteiger partial charge in [0.2, 0.25) is 0 Å². The van der Waals surface area contributed by atoms with Gasteiger partial charge in [0.25, 0.3) is 0 Å². The molecule has 112 valence electrons. The van der Waals surface area contributed by atoms with Gasteiger partial charge >= 0.3 is 5.97 Å². The van der Waals surface area contributed by atoms with Crippen molar-refractivity contribution in [3.63, 3.8) is 0 Å². The molecular weight excluding hydrogens is 240 g/mol. The summed E-state index contributed by atoms with van der Waals surface area (Å²) in [6.45, 7) is 4.66. The Labute approximate surface area is 117 Å². The highest BCUT2D eigenvalue weighted by Crippen LogP contribution is 2.15. The summed E-state index contributed by atoms with van der Waals surface area (Å²) in [7, 11) is 0. The third-order valence-corrected chi connectivity index (χ3v) is 3.48. The quantitative estimate of drug-likeness (QED) is 0.413. The first-order valence-corrected chi connectivity index (χ1v) is 7.54. The Morgan fingerprint density at radius 3 is 2.47 bits per heavy atom. The molecular formula is C16H30O3. The van der Waals surface area contributed by atoms with Gasteiger partial charge in [-0.05, 0) is 51.4 Å².